The van der Waals surface area contributed by atoms with Crippen molar-refractivity contribution < 1.29 is 19.5 Å². The van der Waals surface area contributed by atoms with Gasteiger partial charge in [-0.1, -0.05) is 43.2 Å². The number of hydrogen-bond donors (Lipinski definition) is 2. The van der Waals surface area contributed by atoms with E-state index < -0.39 is 12.5 Å². The number of aliphatic carboxylic acids is 1. The molecule has 2 N–H and O–H groups in total. The highest BCUT2D eigenvalue weighted by Crippen LogP contribution is 2.24. The Balaban J connectivity index is 1.66. The van der Waals surface area contributed by atoms with Crippen LogP contribution in [0, 0.1) is 5.92 Å². The van der Waals surface area contributed by atoms with Gasteiger partial charge in [0.05, 0.1) is 0 Å². The van der Waals surface area contributed by atoms with Crippen molar-refractivity contribution in [3.8, 4) is 0 Å². The lowest BCUT2D eigenvalue weighted by atomic mass is 10.1. The molecule has 0 atom stereocenters. The molecular weight excluding hydrogens is 356 g/mol. The largest absolute Gasteiger partial charge is 0.480 e. The van der Waals surface area contributed by atoms with Gasteiger partial charge in [-0.25, -0.2) is 0 Å². The molecule has 146 valence electrons. The second-order valence-electron chi connectivity index (χ2n) is 7.02. The molecular formula is C22H24N2O4. The lowest BCUT2D eigenvalue weighted by molar-refractivity contribution is -0.135. The van der Waals surface area contributed by atoms with Gasteiger partial charge in [-0.2, -0.15) is 0 Å². The Kier molecular flexibility index (Phi) is 6.42. The number of amides is 2. The summed E-state index contributed by atoms with van der Waals surface area (Å²) in [7, 11) is 0. The molecule has 0 spiro atoms. The van der Waals surface area contributed by atoms with Gasteiger partial charge in [0.2, 0.25) is 5.91 Å². The van der Waals surface area contributed by atoms with Crippen LogP contribution in [0.3, 0.4) is 0 Å². The Bertz CT molecular complexity index is 827. The Labute approximate surface area is 164 Å². The number of nitrogens with zero attached hydrogens (tertiary/aromatic N) is 1. The first-order chi connectivity index (χ1) is 13.5. The molecule has 1 fully saturated rings. The molecule has 3 rings (SSSR count). The number of para-hydroxylation sites is 1. The first kappa shape index (κ1) is 19.6. The lowest BCUT2D eigenvalue weighted by Gasteiger charge is -2.21. The van der Waals surface area contributed by atoms with Crippen molar-refractivity contribution in [3.05, 3.63) is 65.7 Å². The Morgan fingerprint density at radius 1 is 0.964 bits per heavy atom. The van der Waals surface area contributed by atoms with Crippen molar-refractivity contribution in [2.75, 3.05) is 11.4 Å². The van der Waals surface area contributed by atoms with E-state index in [9.17, 15) is 14.4 Å². The molecule has 1 aliphatic carbocycles. The average Bonchev–Trinajstić information content (AvgIpc) is 3.26. The van der Waals surface area contributed by atoms with E-state index in [1.54, 1.807) is 48.5 Å². The molecule has 0 unspecified atom stereocenters. The molecule has 0 radical (unpaired) electrons. The van der Waals surface area contributed by atoms with E-state index in [0.29, 0.717) is 17.8 Å². The first-order valence-corrected chi connectivity index (χ1v) is 9.50. The second-order valence-corrected chi connectivity index (χ2v) is 7.02. The summed E-state index contributed by atoms with van der Waals surface area (Å²) in [5.74, 6) is -1.25. The highest BCUT2D eigenvalue weighted by atomic mass is 16.4. The van der Waals surface area contributed by atoms with Crippen LogP contribution >= 0.6 is 0 Å². The van der Waals surface area contributed by atoms with E-state index >= 15 is 0 Å². The van der Waals surface area contributed by atoms with Gasteiger partial charge in [0.25, 0.3) is 5.91 Å². The first-order valence-electron chi connectivity index (χ1n) is 9.50. The van der Waals surface area contributed by atoms with Crippen molar-refractivity contribution in [3.63, 3.8) is 0 Å². The number of carboxylic acid groups (broad SMARTS) is 1. The topological polar surface area (TPSA) is 86.7 Å². The quantitative estimate of drug-likeness (QED) is 0.772. The minimum absolute atomic E-state index is 0.0920. The van der Waals surface area contributed by atoms with Crippen molar-refractivity contribution >= 4 is 23.5 Å². The third-order valence-electron chi connectivity index (χ3n) is 5.00. The number of carbonyl (C=O) groups is 3. The normalized spacial score (nSPS) is 13.9. The third-order valence-corrected chi connectivity index (χ3v) is 5.00. The number of rotatable bonds is 7. The zero-order valence-corrected chi connectivity index (χ0v) is 15.6. The Morgan fingerprint density at radius 2 is 1.61 bits per heavy atom. The van der Waals surface area contributed by atoms with Gasteiger partial charge in [-0.3, -0.25) is 19.3 Å². The van der Waals surface area contributed by atoms with Crippen LogP contribution in [0.15, 0.2) is 54.6 Å². The van der Waals surface area contributed by atoms with E-state index in [1.165, 1.54) is 4.90 Å². The summed E-state index contributed by atoms with van der Waals surface area (Å²) in [6.07, 6.45) is 4.14. The predicted octanol–water partition coefficient (Wildman–Crippen LogP) is 3.22. The molecule has 0 saturated heterocycles. The molecule has 28 heavy (non-hydrogen) atoms. The maximum atomic E-state index is 12.8. The van der Waals surface area contributed by atoms with Crippen LogP contribution < -0.4 is 10.2 Å². The molecule has 6 heteroatoms. The summed E-state index contributed by atoms with van der Waals surface area (Å²) in [4.78, 5) is 37.4. The van der Waals surface area contributed by atoms with Gasteiger partial charge in [0, 0.05) is 23.7 Å². The average molecular weight is 380 g/mol. The highest BCUT2D eigenvalue weighted by molar-refractivity contribution is 6.08. The molecule has 2 amide bonds. The van der Waals surface area contributed by atoms with Crippen molar-refractivity contribution in [2.24, 2.45) is 5.92 Å². The molecule has 2 aromatic carbocycles. The minimum Gasteiger partial charge on any atom is -0.480 e. The fourth-order valence-corrected chi connectivity index (χ4v) is 3.47. The van der Waals surface area contributed by atoms with E-state index in [-0.39, 0.29) is 17.7 Å². The molecule has 1 saturated carbocycles. The summed E-state index contributed by atoms with van der Waals surface area (Å²) in [6, 6.07) is 15.6. The lowest BCUT2D eigenvalue weighted by Crippen LogP contribution is -2.35. The van der Waals surface area contributed by atoms with Crippen LogP contribution in [-0.4, -0.2) is 29.4 Å². The Morgan fingerprint density at radius 3 is 2.21 bits per heavy atom. The molecule has 2 aromatic rings. The fourth-order valence-electron chi connectivity index (χ4n) is 3.47. The van der Waals surface area contributed by atoms with Crippen LogP contribution in [-0.2, 0) is 16.1 Å². The van der Waals surface area contributed by atoms with Crippen molar-refractivity contribution in [1.82, 2.24) is 5.32 Å². The number of anilines is 1. The molecule has 0 aliphatic heterocycles. The van der Waals surface area contributed by atoms with Gasteiger partial charge in [0.15, 0.2) is 0 Å². The van der Waals surface area contributed by atoms with Crippen LogP contribution in [0.5, 0.6) is 0 Å². The zero-order chi connectivity index (χ0) is 19.9. The van der Waals surface area contributed by atoms with E-state index in [1.807, 2.05) is 6.07 Å². The van der Waals surface area contributed by atoms with Crippen LogP contribution in [0.1, 0.15) is 41.6 Å². The fraction of sp³-hybridized carbons (Fsp3) is 0.318. The highest BCUT2D eigenvalue weighted by Gasteiger charge is 2.22. The van der Waals surface area contributed by atoms with Crippen LogP contribution in [0.2, 0.25) is 0 Å². The number of nitrogens with one attached hydrogen (secondary N) is 1. The van der Waals surface area contributed by atoms with E-state index in [2.05, 4.69) is 5.32 Å². The maximum absolute atomic E-state index is 12.8. The number of benzene rings is 2. The van der Waals surface area contributed by atoms with Crippen LogP contribution in [0.4, 0.5) is 5.69 Å². The van der Waals surface area contributed by atoms with Crippen molar-refractivity contribution in [1.29, 1.82) is 0 Å². The summed E-state index contributed by atoms with van der Waals surface area (Å²) in [6.45, 7) is 0.00335. The molecule has 0 bridgehead atoms. The molecule has 0 heterocycles. The van der Waals surface area contributed by atoms with E-state index in [4.69, 9.17) is 5.11 Å². The zero-order valence-electron chi connectivity index (χ0n) is 15.6. The van der Waals surface area contributed by atoms with Gasteiger partial charge < -0.3 is 10.4 Å². The second kappa shape index (κ2) is 9.17. The SMILES string of the molecule is O=C(O)CN(C(=O)c1ccc(CNC(=O)C2CCCC2)cc1)c1ccccc1. The molecule has 1 aliphatic rings. The summed E-state index contributed by atoms with van der Waals surface area (Å²) in [5, 5.41) is 12.1. The van der Waals surface area contributed by atoms with Crippen molar-refractivity contribution in [2.45, 2.75) is 32.2 Å². The molecule has 6 nitrogen and oxygen atoms in total. The van der Waals surface area contributed by atoms with Gasteiger partial charge >= 0.3 is 5.97 Å². The van der Waals surface area contributed by atoms with Crippen LogP contribution in [0.25, 0.3) is 0 Å². The number of hydrogen-bond acceptors (Lipinski definition) is 3. The van der Waals surface area contributed by atoms with Gasteiger partial charge in [0.1, 0.15) is 6.54 Å². The summed E-state index contributed by atoms with van der Waals surface area (Å²) < 4.78 is 0. The van der Waals surface area contributed by atoms with Gasteiger partial charge in [-0.05, 0) is 42.7 Å². The third kappa shape index (κ3) is 4.97. The summed E-state index contributed by atoms with van der Waals surface area (Å²) >= 11 is 0. The predicted molar refractivity (Wildman–Crippen MR) is 106 cm³/mol. The van der Waals surface area contributed by atoms with Gasteiger partial charge in [-0.15, -0.1) is 0 Å². The number of carbonyl (C=O) groups excluding carboxylic acids is 2. The maximum Gasteiger partial charge on any atom is 0.323 e. The molecule has 0 aromatic heterocycles. The smallest absolute Gasteiger partial charge is 0.323 e. The standard InChI is InChI=1S/C22H24N2O4/c25-20(26)15-24(19-8-2-1-3-9-19)22(28)18-12-10-16(11-13-18)14-23-21(27)17-6-4-5-7-17/h1-3,8-13,17H,4-7,14-15H2,(H,23,27)(H,25,26). The minimum atomic E-state index is -1.08. The summed E-state index contributed by atoms with van der Waals surface area (Å²) in [5.41, 5.74) is 1.83. The number of carboxylic acids is 1. The monoisotopic (exact) mass is 380 g/mol. The Hall–Kier alpha value is -3.15. The van der Waals surface area contributed by atoms with E-state index in [0.717, 1.165) is 31.2 Å².